The molecule has 3 heteroatoms. The summed E-state index contributed by atoms with van der Waals surface area (Å²) >= 11 is 0. The average Bonchev–Trinajstić information content (AvgIpc) is 2.35. The van der Waals surface area contributed by atoms with Crippen molar-refractivity contribution in [2.45, 2.75) is 19.4 Å². The van der Waals surface area contributed by atoms with Gasteiger partial charge < -0.3 is 10.1 Å². The topological polar surface area (TPSA) is 38.3 Å². The normalized spacial score (nSPS) is 17.2. The Labute approximate surface area is 94.8 Å². The summed E-state index contributed by atoms with van der Waals surface area (Å²) in [5, 5.41) is 3.18. The highest BCUT2D eigenvalue weighted by Gasteiger charge is 2.24. The molecule has 1 aliphatic rings. The Morgan fingerprint density at radius 1 is 1.56 bits per heavy atom. The molecule has 82 valence electrons. The van der Waals surface area contributed by atoms with Crippen LogP contribution in [0.3, 0.4) is 0 Å². The molecule has 0 fully saturated rings. The lowest BCUT2D eigenvalue weighted by molar-refractivity contribution is -0.124. The molecule has 0 saturated carbocycles. The zero-order chi connectivity index (χ0) is 11.4. The van der Waals surface area contributed by atoms with Crippen LogP contribution in [-0.4, -0.2) is 18.4 Å². The number of carbonyl (C=O) groups excluding carboxylic acids is 1. The van der Waals surface area contributed by atoms with Gasteiger partial charge in [-0.25, -0.2) is 0 Å². The first kappa shape index (κ1) is 10.6. The predicted molar refractivity (Wildman–Crippen MR) is 62.4 cm³/mol. The third-order valence-corrected chi connectivity index (χ3v) is 2.43. The minimum Gasteiger partial charge on any atom is -0.479 e. The Morgan fingerprint density at radius 3 is 3.19 bits per heavy atom. The molecule has 0 bridgehead atoms. The van der Waals surface area contributed by atoms with Crippen LogP contribution in [0.15, 0.2) is 24.3 Å². The van der Waals surface area contributed by atoms with Gasteiger partial charge in [0.15, 0.2) is 11.9 Å². The Hall–Kier alpha value is -1.95. The summed E-state index contributed by atoms with van der Waals surface area (Å²) in [6.45, 7) is 2.24. The molecule has 0 aliphatic carbocycles. The molecule has 0 aromatic heterocycles. The van der Waals surface area contributed by atoms with Crippen molar-refractivity contribution in [2.75, 3.05) is 11.9 Å². The van der Waals surface area contributed by atoms with Crippen LogP contribution in [0.4, 0.5) is 5.69 Å². The molecule has 16 heavy (non-hydrogen) atoms. The van der Waals surface area contributed by atoms with Crippen LogP contribution in [0.1, 0.15) is 13.3 Å². The van der Waals surface area contributed by atoms with Crippen LogP contribution < -0.4 is 10.1 Å². The highest BCUT2D eigenvalue weighted by atomic mass is 16.5. The molecule has 1 heterocycles. The quantitative estimate of drug-likeness (QED) is 0.765. The van der Waals surface area contributed by atoms with Crippen LogP contribution in [0.5, 0.6) is 5.75 Å². The van der Waals surface area contributed by atoms with Crippen molar-refractivity contribution in [1.82, 2.24) is 0 Å². The van der Waals surface area contributed by atoms with Crippen molar-refractivity contribution in [3.63, 3.8) is 0 Å². The summed E-state index contributed by atoms with van der Waals surface area (Å²) in [4.78, 5) is 11.7. The summed E-state index contributed by atoms with van der Waals surface area (Å²) in [6, 6.07) is 7.61. The van der Waals surface area contributed by atoms with Crippen LogP contribution in [0, 0.1) is 11.8 Å². The third kappa shape index (κ3) is 2.17. The SMILES string of the molecule is CC#CCC(=O)C1CNc2ccccc2O1. The van der Waals surface area contributed by atoms with E-state index in [1.165, 1.54) is 0 Å². The fraction of sp³-hybridized carbons (Fsp3) is 0.308. The fourth-order valence-electron chi connectivity index (χ4n) is 1.58. The number of nitrogens with one attached hydrogen (secondary N) is 1. The Bertz CT molecular complexity index is 456. The van der Waals surface area contributed by atoms with E-state index in [0.29, 0.717) is 6.54 Å². The van der Waals surface area contributed by atoms with Gasteiger partial charge in [-0.2, -0.15) is 0 Å². The van der Waals surface area contributed by atoms with Crippen molar-refractivity contribution < 1.29 is 9.53 Å². The second kappa shape index (κ2) is 4.71. The number of hydrogen-bond donors (Lipinski definition) is 1. The molecule has 0 amide bonds. The summed E-state index contributed by atoms with van der Waals surface area (Å²) < 4.78 is 5.61. The zero-order valence-corrected chi connectivity index (χ0v) is 9.12. The number of carbonyl (C=O) groups is 1. The van der Waals surface area contributed by atoms with Gasteiger partial charge >= 0.3 is 0 Å². The molecule has 1 N–H and O–H groups in total. The number of Topliss-reactive ketones (excluding diaryl/α,β-unsaturated/α-hetero) is 1. The van der Waals surface area contributed by atoms with E-state index in [1.807, 2.05) is 24.3 Å². The average molecular weight is 215 g/mol. The minimum atomic E-state index is -0.421. The lowest BCUT2D eigenvalue weighted by Crippen LogP contribution is -2.37. The Balaban J connectivity index is 2.07. The van der Waals surface area contributed by atoms with Crippen molar-refractivity contribution in [1.29, 1.82) is 0 Å². The summed E-state index contributed by atoms with van der Waals surface area (Å²) in [6.07, 6.45) is -0.166. The van der Waals surface area contributed by atoms with Crippen molar-refractivity contribution in [2.24, 2.45) is 0 Å². The van der Waals surface area contributed by atoms with E-state index in [4.69, 9.17) is 4.74 Å². The van der Waals surface area contributed by atoms with Gasteiger partial charge in [0, 0.05) is 0 Å². The Morgan fingerprint density at radius 2 is 2.38 bits per heavy atom. The van der Waals surface area contributed by atoms with Crippen molar-refractivity contribution in [3.05, 3.63) is 24.3 Å². The lowest BCUT2D eigenvalue weighted by atomic mass is 10.1. The van der Waals surface area contributed by atoms with Gasteiger partial charge in [0.1, 0.15) is 5.75 Å². The second-order valence-electron chi connectivity index (χ2n) is 3.55. The highest BCUT2D eigenvalue weighted by molar-refractivity contribution is 5.87. The molecule has 1 aromatic carbocycles. The molecule has 1 aliphatic heterocycles. The zero-order valence-electron chi connectivity index (χ0n) is 9.12. The number of benzene rings is 1. The lowest BCUT2D eigenvalue weighted by Gasteiger charge is -2.25. The largest absolute Gasteiger partial charge is 0.479 e. The number of rotatable bonds is 2. The standard InChI is InChI=1S/C13H13NO2/c1-2-3-7-11(15)13-9-14-10-6-4-5-8-12(10)16-13/h4-6,8,13-14H,7,9H2,1H3. The number of ketones is 1. The number of fused-ring (bicyclic) bond motifs is 1. The van der Waals surface area contributed by atoms with Crippen molar-refractivity contribution in [3.8, 4) is 17.6 Å². The van der Waals surface area contributed by atoms with Gasteiger partial charge in [0.05, 0.1) is 18.7 Å². The number of hydrogen-bond acceptors (Lipinski definition) is 3. The van der Waals surface area contributed by atoms with Crippen molar-refractivity contribution >= 4 is 11.5 Å². The van der Waals surface area contributed by atoms with E-state index in [0.717, 1.165) is 11.4 Å². The van der Waals surface area contributed by atoms with Crippen LogP contribution >= 0.6 is 0 Å². The first-order chi connectivity index (χ1) is 7.81. The molecule has 3 nitrogen and oxygen atoms in total. The van der Waals surface area contributed by atoms with Crippen LogP contribution in [0.25, 0.3) is 0 Å². The number of ether oxygens (including phenoxy) is 1. The molecular formula is C13H13NO2. The molecule has 1 aromatic rings. The Kier molecular flexibility index (Phi) is 3.11. The van der Waals surface area contributed by atoms with E-state index < -0.39 is 6.10 Å². The molecular weight excluding hydrogens is 202 g/mol. The van der Waals surface area contributed by atoms with Gasteiger partial charge in [-0.3, -0.25) is 4.79 Å². The molecule has 1 atom stereocenters. The van der Waals surface area contributed by atoms with Gasteiger partial charge in [-0.05, 0) is 19.1 Å². The van der Waals surface area contributed by atoms with Gasteiger partial charge in [0.2, 0.25) is 0 Å². The minimum absolute atomic E-state index is 0.0244. The molecule has 0 saturated heterocycles. The fourth-order valence-corrected chi connectivity index (χ4v) is 1.58. The van der Waals surface area contributed by atoms with E-state index in [1.54, 1.807) is 6.92 Å². The highest BCUT2D eigenvalue weighted by Crippen LogP contribution is 2.28. The van der Waals surface area contributed by atoms with E-state index in [-0.39, 0.29) is 12.2 Å². The molecule has 0 radical (unpaired) electrons. The molecule has 2 rings (SSSR count). The van der Waals surface area contributed by atoms with Gasteiger partial charge in [-0.15, -0.1) is 5.92 Å². The van der Waals surface area contributed by atoms with E-state index >= 15 is 0 Å². The maximum atomic E-state index is 11.7. The summed E-state index contributed by atoms with van der Waals surface area (Å²) in [5.74, 6) is 6.23. The summed E-state index contributed by atoms with van der Waals surface area (Å²) in [7, 11) is 0. The van der Waals surface area contributed by atoms with Crippen LogP contribution in [-0.2, 0) is 4.79 Å². The summed E-state index contributed by atoms with van der Waals surface area (Å²) in [5.41, 5.74) is 0.938. The monoisotopic (exact) mass is 215 g/mol. The van der Waals surface area contributed by atoms with Gasteiger partial charge in [0.25, 0.3) is 0 Å². The number of anilines is 1. The third-order valence-electron chi connectivity index (χ3n) is 2.43. The van der Waals surface area contributed by atoms with Gasteiger partial charge in [-0.1, -0.05) is 18.1 Å². The second-order valence-corrected chi connectivity index (χ2v) is 3.55. The molecule has 0 spiro atoms. The van der Waals surface area contributed by atoms with E-state index in [2.05, 4.69) is 17.2 Å². The predicted octanol–water partition coefficient (Wildman–Crippen LogP) is 1.84. The van der Waals surface area contributed by atoms with Crippen LogP contribution in [0.2, 0.25) is 0 Å². The first-order valence-electron chi connectivity index (χ1n) is 5.23. The number of para-hydroxylation sites is 2. The maximum absolute atomic E-state index is 11.7. The van der Waals surface area contributed by atoms with E-state index in [9.17, 15) is 4.79 Å². The first-order valence-corrected chi connectivity index (χ1v) is 5.23. The molecule has 1 unspecified atom stereocenters. The maximum Gasteiger partial charge on any atom is 0.186 e. The smallest absolute Gasteiger partial charge is 0.186 e.